The summed E-state index contributed by atoms with van der Waals surface area (Å²) in [6.07, 6.45) is 1.82. The average molecular weight is 248 g/mol. The Morgan fingerprint density at radius 1 is 1.14 bits per heavy atom. The fraction of sp³-hybridized carbons (Fsp3) is 0.0833. The van der Waals surface area contributed by atoms with E-state index in [4.69, 9.17) is 0 Å². The fourth-order valence-electron chi connectivity index (χ4n) is 1.39. The summed E-state index contributed by atoms with van der Waals surface area (Å²) in [4.78, 5) is 4.33. The molecule has 0 saturated heterocycles. The molecule has 2 rings (SSSR count). The van der Waals surface area contributed by atoms with Crippen molar-refractivity contribution in [1.29, 1.82) is 0 Å². The number of halogens is 1. The van der Waals surface area contributed by atoms with Gasteiger partial charge in [0.1, 0.15) is 0 Å². The van der Waals surface area contributed by atoms with Crippen LogP contribution in [-0.2, 0) is 0 Å². The number of rotatable bonds is 1. The quantitative estimate of drug-likeness (QED) is 0.747. The monoisotopic (exact) mass is 247 g/mol. The van der Waals surface area contributed by atoms with Crippen LogP contribution in [0.2, 0.25) is 0 Å². The predicted octanol–water partition coefficient (Wildman–Crippen LogP) is 3.82. The van der Waals surface area contributed by atoms with Crippen LogP contribution in [0.4, 0.5) is 0 Å². The Morgan fingerprint density at radius 3 is 2.71 bits per heavy atom. The Labute approximate surface area is 91.9 Å². The minimum Gasteiger partial charge on any atom is -0.256 e. The van der Waals surface area contributed by atoms with Gasteiger partial charge in [-0.3, -0.25) is 4.98 Å². The molecule has 0 unspecified atom stereocenters. The molecule has 2 aromatic rings. The van der Waals surface area contributed by atoms with Crippen LogP contribution in [0.15, 0.2) is 47.1 Å². The van der Waals surface area contributed by atoms with E-state index in [0.717, 1.165) is 10.2 Å². The minimum atomic E-state index is 1.02. The lowest BCUT2D eigenvalue weighted by atomic mass is 10.1. The van der Waals surface area contributed by atoms with Crippen molar-refractivity contribution in [3.05, 3.63) is 52.6 Å². The summed E-state index contributed by atoms with van der Waals surface area (Å²) >= 11 is 3.47. The Hall–Kier alpha value is -1.15. The highest BCUT2D eigenvalue weighted by molar-refractivity contribution is 9.10. The molecule has 0 amide bonds. The van der Waals surface area contributed by atoms with Crippen molar-refractivity contribution in [2.24, 2.45) is 0 Å². The van der Waals surface area contributed by atoms with Gasteiger partial charge in [0.05, 0.1) is 5.69 Å². The molecule has 1 heterocycles. The van der Waals surface area contributed by atoms with Gasteiger partial charge in [-0.1, -0.05) is 28.1 Å². The van der Waals surface area contributed by atoms with Crippen molar-refractivity contribution in [2.75, 3.05) is 0 Å². The first-order valence-electron chi connectivity index (χ1n) is 4.45. The second-order valence-electron chi connectivity index (χ2n) is 3.17. The molecule has 0 bridgehead atoms. The molecule has 14 heavy (non-hydrogen) atoms. The van der Waals surface area contributed by atoms with E-state index in [1.54, 1.807) is 0 Å². The van der Waals surface area contributed by atoms with Crippen molar-refractivity contribution in [3.8, 4) is 11.3 Å². The maximum atomic E-state index is 4.33. The van der Waals surface area contributed by atoms with Crippen LogP contribution in [0.1, 0.15) is 5.56 Å². The molecule has 0 atom stereocenters. The van der Waals surface area contributed by atoms with Crippen LogP contribution in [0.25, 0.3) is 11.3 Å². The summed E-state index contributed by atoms with van der Waals surface area (Å²) in [5, 5.41) is 0. The second kappa shape index (κ2) is 3.93. The molecule has 0 spiro atoms. The van der Waals surface area contributed by atoms with E-state index in [0.29, 0.717) is 0 Å². The van der Waals surface area contributed by atoms with Gasteiger partial charge < -0.3 is 0 Å². The molecule has 0 N–H and O–H groups in total. The van der Waals surface area contributed by atoms with Gasteiger partial charge in [0.2, 0.25) is 0 Å². The molecule has 0 aliphatic rings. The molecule has 0 aliphatic heterocycles. The van der Waals surface area contributed by atoms with Gasteiger partial charge >= 0.3 is 0 Å². The van der Waals surface area contributed by atoms with E-state index in [-0.39, 0.29) is 0 Å². The van der Waals surface area contributed by atoms with Crippen molar-refractivity contribution in [3.63, 3.8) is 0 Å². The maximum Gasteiger partial charge on any atom is 0.0705 e. The highest BCUT2D eigenvalue weighted by Crippen LogP contribution is 2.24. The molecule has 1 aromatic carbocycles. The SMILES string of the molecule is Cc1ccc(Br)cc1-c1ccccn1. The number of aromatic nitrogens is 1. The van der Waals surface area contributed by atoms with Gasteiger partial charge in [-0.25, -0.2) is 0 Å². The van der Waals surface area contributed by atoms with E-state index in [1.807, 2.05) is 30.5 Å². The Balaban J connectivity index is 2.57. The summed E-state index contributed by atoms with van der Waals surface area (Å²) < 4.78 is 1.09. The van der Waals surface area contributed by atoms with Gasteiger partial charge in [0.15, 0.2) is 0 Å². The molecule has 0 saturated carbocycles. The third-order valence-corrected chi connectivity index (χ3v) is 2.63. The predicted molar refractivity (Wildman–Crippen MR) is 62.1 cm³/mol. The summed E-state index contributed by atoms with van der Waals surface area (Å²) in [7, 11) is 0. The summed E-state index contributed by atoms with van der Waals surface area (Å²) in [6.45, 7) is 2.09. The zero-order chi connectivity index (χ0) is 9.97. The first-order chi connectivity index (χ1) is 6.77. The standard InChI is InChI=1S/C12H10BrN/c1-9-5-6-10(13)8-11(9)12-4-2-3-7-14-12/h2-8H,1H3. The molecule has 1 aromatic heterocycles. The van der Waals surface area contributed by atoms with Gasteiger partial charge in [-0.2, -0.15) is 0 Å². The smallest absolute Gasteiger partial charge is 0.0705 e. The first-order valence-corrected chi connectivity index (χ1v) is 5.24. The van der Waals surface area contributed by atoms with Crippen molar-refractivity contribution < 1.29 is 0 Å². The van der Waals surface area contributed by atoms with E-state index in [9.17, 15) is 0 Å². The molecule has 70 valence electrons. The number of benzene rings is 1. The van der Waals surface area contributed by atoms with Crippen molar-refractivity contribution in [1.82, 2.24) is 4.98 Å². The minimum absolute atomic E-state index is 1.02. The Morgan fingerprint density at radius 2 is 2.00 bits per heavy atom. The maximum absolute atomic E-state index is 4.33. The number of hydrogen-bond donors (Lipinski definition) is 0. The topological polar surface area (TPSA) is 12.9 Å². The molecule has 0 radical (unpaired) electrons. The van der Waals surface area contributed by atoms with Crippen molar-refractivity contribution >= 4 is 15.9 Å². The molecule has 0 aliphatic carbocycles. The third kappa shape index (κ3) is 1.85. The van der Waals surface area contributed by atoms with Crippen LogP contribution >= 0.6 is 15.9 Å². The van der Waals surface area contributed by atoms with Crippen LogP contribution in [0.5, 0.6) is 0 Å². The summed E-state index contributed by atoms with van der Waals surface area (Å²) in [6, 6.07) is 12.2. The van der Waals surface area contributed by atoms with Gasteiger partial charge in [-0.05, 0) is 36.8 Å². The van der Waals surface area contributed by atoms with E-state index in [1.165, 1.54) is 11.1 Å². The molecular weight excluding hydrogens is 238 g/mol. The molecule has 0 fully saturated rings. The third-order valence-electron chi connectivity index (χ3n) is 2.14. The molecular formula is C12H10BrN. The molecule has 2 heteroatoms. The highest BCUT2D eigenvalue weighted by Gasteiger charge is 2.02. The summed E-state index contributed by atoms with van der Waals surface area (Å²) in [5.74, 6) is 0. The fourth-order valence-corrected chi connectivity index (χ4v) is 1.75. The van der Waals surface area contributed by atoms with E-state index in [2.05, 4.69) is 40.0 Å². The normalized spacial score (nSPS) is 10.1. The Kier molecular flexibility index (Phi) is 2.64. The number of pyridine rings is 1. The Bertz CT molecular complexity index is 437. The lowest BCUT2D eigenvalue weighted by Gasteiger charge is -2.04. The average Bonchev–Trinajstić information content (AvgIpc) is 2.23. The lowest BCUT2D eigenvalue weighted by molar-refractivity contribution is 1.30. The zero-order valence-electron chi connectivity index (χ0n) is 7.87. The van der Waals surface area contributed by atoms with E-state index < -0.39 is 0 Å². The largest absolute Gasteiger partial charge is 0.256 e. The second-order valence-corrected chi connectivity index (χ2v) is 4.09. The van der Waals surface area contributed by atoms with Crippen LogP contribution in [0.3, 0.4) is 0 Å². The van der Waals surface area contributed by atoms with E-state index >= 15 is 0 Å². The zero-order valence-corrected chi connectivity index (χ0v) is 9.45. The number of nitrogens with zero attached hydrogens (tertiary/aromatic N) is 1. The van der Waals surface area contributed by atoms with Gasteiger partial charge in [-0.15, -0.1) is 0 Å². The van der Waals surface area contributed by atoms with Crippen LogP contribution in [0, 0.1) is 6.92 Å². The van der Waals surface area contributed by atoms with Gasteiger partial charge in [0.25, 0.3) is 0 Å². The van der Waals surface area contributed by atoms with Crippen molar-refractivity contribution in [2.45, 2.75) is 6.92 Å². The van der Waals surface area contributed by atoms with Crippen LogP contribution < -0.4 is 0 Å². The molecule has 1 nitrogen and oxygen atoms in total. The number of hydrogen-bond acceptors (Lipinski definition) is 1. The lowest BCUT2D eigenvalue weighted by Crippen LogP contribution is -1.85. The van der Waals surface area contributed by atoms with Crippen LogP contribution in [-0.4, -0.2) is 4.98 Å². The number of aryl methyl sites for hydroxylation is 1. The first kappa shape index (κ1) is 9.41. The summed E-state index contributed by atoms with van der Waals surface area (Å²) in [5.41, 5.74) is 3.44. The van der Waals surface area contributed by atoms with Gasteiger partial charge in [0, 0.05) is 16.2 Å². The highest BCUT2D eigenvalue weighted by atomic mass is 79.9.